The van der Waals surface area contributed by atoms with Gasteiger partial charge in [-0.05, 0) is 56.3 Å². The number of nitrogens with zero attached hydrogens (tertiary/aromatic N) is 3. The number of rotatable bonds is 6. The topological polar surface area (TPSA) is 112 Å². The van der Waals surface area contributed by atoms with Crippen LogP contribution >= 0.6 is 7.60 Å². The van der Waals surface area contributed by atoms with E-state index in [1.165, 1.54) is 47.6 Å². The standard InChI is InChI=1S/C20H30N3O6P/c1-22-17(24)16(18(25)23(2)19(22)26)15(11-30(27,28-3)29-4)21-20-8-12-5-13(9-20)7-14(6-12)10-20/h12-14,24H,5-11H2,1-4H3. The fourth-order valence-corrected chi connectivity index (χ4v) is 7.13. The molecule has 10 heteroatoms. The van der Waals surface area contributed by atoms with E-state index in [2.05, 4.69) is 0 Å². The van der Waals surface area contributed by atoms with Gasteiger partial charge in [0.1, 0.15) is 5.56 Å². The zero-order chi connectivity index (χ0) is 21.8. The van der Waals surface area contributed by atoms with E-state index >= 15 is 0 Å². The van der Waals surface area contributed by atoms with Crippen molar-refractivity contribution in [2.24, 2.45) is 36.8 Å². The average Bonchev–Trinajstić information content (AvgIpc) is 2.69. The van der Waals surface area contributed by atoms with Gasteiger partial charge < -0.3 is 14.2 Å². The Morgan fingerprint density at radius 1 is 1.07 bits per heavy atom. The summed E-state index contributed by atoms with van der Waals surface area (Å²) in [7, 11) is 1.73. The number of aromatic hydroxyl groups is 1. The van der Waals surface area contributed by atoms with Gasteiger partial charge in [0.2, 0.25) is 5.88 Å². The van der Waals surface area contributed by atoms with Gasteiger partial charge in [-0.15, -0.1) is 0 Å². The maximum absolute atomic E-state index is 13.0. The van der Waals surface area contributed by atoms with Crippen molar-refractivity contribution >= 4 is 13.3 Å². The molecule has 0 aromatic carbocycles. The number of aromatic nitrogens is 2. The van der Waals surface area contributed by atoms with Crippen molar-refractivity contribution in [1.29, 1.82) is 0 Å². The van der Waals surface area contributed by atoms with Crippen molar-refractivity contribution in [3.8, 4) is 5.88 Å². The Hall–Kier alpha value is -1.70. The van der Waals surface area contributed by atoms with Gasteiger partial charge in [0.25, 0.3) is 5.56 Å². The van der Waals surface area contributed by atoms with E-state index < -0.39 is 24.7 Å². The van der Waals surface area contributed by atoms with Crippen LogP contribution in [0.2, 0.25) is 0 Å². The molecule has 4 bridgehead atoms. The van der Waals surface area contributed by atoms with E-state index in [-0.39, 0.29) is 23.0 Å². The lowest BCUT2D eigenvalue weighted by Crippen LogP contribution is -2.50. The van der Waals surface area contributed by atoms with Crippen molar-refractivity contribution in [2.45, 2.75) is 44.1 Å². The Balaban J connectivity index is 1.89. The van der Waals surface area contributed by atoms with Crippen LogP contribution in [0.5, 0.6) is 5.88 Å². The monoisotopic (exact) mass is 439 g/mol. The SMILES string of the molecule is COP(=O)(CC(=NC12CC3CC(CC(C3)C1)C2)c1c(O)n(C)c(=O)n(C)c1=O)OC. The van der Waals surface area contributed by atoms with Crippen LogP contribution in [0.3, 0.4) is 0 Å². The van der Waals surface area contributed by atoms with Gasteiger partial charge in [0.05, 0.1) is 17.4 Å². The fraction of sp³-hybridized carbons (Fsp3) is 0.750. The molecule has 0 spiro atoms. The molecule has 0 amide bonds. The zero-order valence-corrected chi connectivity index (χ0v) is 18.9. The maximum Gasteiger partial charge on any atom is 0.336 e. The molecule has 0 saturated heterocycles. The lowest BCUT2D eigenvalue weighted by molar-refractivity contribution is 0.00168. The normalized spacial score (nSPS) is 30.8. The lowest BCUT2D eigenvalue weighted by Gasteiger charge is -2.55. The van der Waals surface area contributed by atoms with Gasteiger partial charge in [0.15, 0.2) is 0 Å². The van der Waals surface area contributed by atoms with Crippen molar-refractivity contribution in [1.82, 2.24) is 9.13 Å². The molecule has 1 aromatic rings. The zero-order valence-electron chi connectivity index (χ0n) is 18.0. The third kappa shape index (κ3) is 3.51. The molecule has 0 unspecified atom stereocenters. The highest BCUT2D eigenvalue weighted by atomic mass is 31.2. The van der Waals surface area contributed by atoms with Gasteiger partial charge >= 0.3 is 13.3 Å². The van der Waals surface area contributed by atoms with E-state index in [1.807, 2.05) is 0 Å². The summed E-state index contributed by atoms with van der Waals surface area (Å²) < 4.78 is 25.2. The second-order valence-electron chi connectivity index (χ2n) is 9.24. The Bertz CT molecular complexity index is 1010. The molecule has 4 aliphatic carbocycles. The molecule has 166 valence electrons. The maximum atomic E-state index is 13.0. The molecular formula is C20H30N3O6P. The average molecular weight is 439 g/mol. The minimum Gasteiger partial charge on any atom is -0.494 e. The Morgan fingerprint density at radius 3 is 2.03 bits per heavy atom. The molecule has 0 atom stereocenters. The van der Waals surface area contributed by atoms with E-state index in [4.69, 9.17) is 14.0 Å². The molecule has 4 aliphatic rings. The molecule has 1 aromatic heterocycles. The quantitative estimate of drug-likeness (QED) is 0.536. The molecule has 0 radical (unpaired) electrons. The Morgan fingerprint density at radius 2 is 1.57 bits per heavy atom. The van der Waals surface area contributed by atoms with Crippen LogP contribution in [-0.2, 0) is 27.7 Å². The molecule has 4 fully saturated rings. The van der Waals surface area contributed by atoms with Crippen molar-refractivity contribution in [2.75, 3.05) is 20.4 Å². The number of hydrogen-bond donors (Lipinski definition) is 1. The summed E-state index contributed by atoms with van der Waals surface area (Å²) in [6.07, 6.45) is 6.23. The van der Waals surface area contributed by atoms with Gasteiger partial charge in [-0.2, -0.15) is 0 Å². The molecule has 0 aliphatic heterocycles. The number of aliphatic imine (C=N–C) groups is 1. The van der Waals surface area contributed by atoms with Crippen LogP contribution in [0.15, 0.2) is 14.6 Å². The summed E-state index contributed by atoms with van der Waals surface area (Å²) in [5.74, 6) is 1.38. The predicted molar refractivity (Wildman–Crippen MR) is 113 cm³/mol. The van der Waals surface area contributed by atoms with E-state index in [0.29, 0.717) is 17.8 Å². The summed E-state index contributed by atoms with van der Waals surface area (Å²) in [6.45, 7) is 0. The van der Waals surface area contributed by atoms with E-state index in [0.717, 1.165) is 28.4 Å². The van der Waals surface area contributed by atoms with Crippen LogP contribution in [0.4, 0.5) is 0 Å². The van der Waals surface area contributed by atoms with Gasteiger partial charge in [-0.3, -0.25) is 23.5 Å². The molecule has 9 nitrogen and oxygen atoms in total. The van der Waals surface area contributed by atoms with E-state index in [9.17, 15) is 19.3 Å². The Labute approximate surface area is 175 Å². The summed E-state index contributed by atoms with van der Waals surface area (Å²) in [5.41, 5.74) is -1.56. The number of hydrogen-bond acceptors (Lipinski definition) is 7. The first-order valence-corrected chi connectivity index (χ1v) is 12.1. The highest BCUT2D eigenvalue weighted by Gasteiger charge is 2.51. The first-order chi connectivity index (χ1) is 14.1. The summed E-state index contributed by atoms with van der Waals surface area (Å²) in [6, 6.07) is 0. The summed E-state index contributed by atoms with van der Waals surface area (Å²) in [4.78, 5) is 30.3. The third-order valence-electron chi connectivity index (χ3n) is 7.20. The minimum atomic E-state index is -3.57. The van der Waals surface area contributed by atoms with Crippen molar-refractivity contribution < 1.29 is 18.7 Å². The molecule has 1 N–H and O–H groups in total. The van der Waals surface area contributed by atoms with Crippen LogP contribution in [0.25, 0.3) is 0 Å². The van der Waals surface area contributed by atoms with Gasteiger partial charge in [-0.1, -0.05) is 0 Å². The first kappa shape index (κ1) is 21.5. The van der Waals surface area contributed by atoms with Crippen LogP contribution in [0, 0.1) is 17.8 Å². The van der Waals surface area contributed by atoms with Crippen LogP contribution < -0.4 is 11.2 Å². The summed E-state index contributed by atoms with van der Waals surface area (Å²) >= 11 is 0. The molecule has 5 rings (SSSR count). The molecular weight excluding hydrogens is 409 g/mol. The van der Waals surface area contributed by atoms with Gasteiger partial charge in [-0.25, -0.2) is 4.79 Å². The minimum absolute atomic E-state index is 0.107. The smallest absolute Gasteiger partial charge is 0.336 e. The highest BCUT2D eigenvalue weighted by Crippen LogP contribution is 2.57. The van der Waals surface area contributed by atoms with Crippen LogP contribution in [0.1, 0.15) is 44.1 Å². The third-order valence-corrected chi connectivity index (χ3v) is 9.00. The lowest BCUT2D eigenvalue weighted by atomic mass is 9.53. The van der Waals surface area contributed by atoms with Crippen molar-refractivity contribution in [3.63, 3.8) is 0 Å². The molecule has 30 heavy (non-hydrogen) atoms. The van der Waals surface area contributed by atoms with E-state index in [1.54, 1.807) is 0 Å². The Kier molecular flexibility index (Phi) is 5.36. The van der Waals surface area contributed by atoms with Crippen molar-refractivity contribution in [3.05, 3.63) is 26.4 Å². The molecule has 1 heterocycles. The second-order valence-corrected chi connectivity index (χ2v) is 11.5. The van der Waals surface area contributed by atoms with Gasteiger partial charge in [0, 0.05) is 28.3 Å². The first-order valence-electron chi connectivity index (χ1n) is 10.4. The summed E-state index contributed by atoms with van der Waals surface area (Å²) in [5, 5.41) is 10.7. The predicted octanol–water partition coefficient (Wildman–Crippen LogP) is 2.03. The highest BCUT2D eigenvalue weighted by molar-refractivity contribution is 7.54. The second kappa shape index (κ2) is 7.46. The van der Waals surface area contributed by atoms with Crippen LogP contribution in [-0.4, -0.2) is 45.9 Å². The molecule has 4 saturated carbocycles. The largest absolute Gasteiger partial charge is 0.494 e. The fourth-order valence-electron chi connectivity index (χ4n) is 6.13.